The number of aromatic hydroxyl groups is 1. The first-order valence-electron chi connectivity index (χ1n) is 12.2. The Hall–Kier alpha value is -2.81. The second-order valence-electron chi connectivity index (χ2n) is 10.3. The van der Waals surface area contributed by atoms with Crippen molar-refractivity contribution in [2.45, 2.75) is 92.0 Å². The minimum absolute atomic E-state index is 0.0685. The molecule has 1 aromatic carbocycles. The summed E-state index contributed by atoms with van der Waals surface area (Å²) in [6.07, 6.45) is 0.890. The number of hydrogen-bond acceptors (Lipinski definition) is 6. The van der Waals surface area contributed by atoms with E-state index in [2.05, 4.69) is 10.6 Å². The second kappa shape index (κ2) is 13.3. The number of ether oxygens (including phenoxy) is 1. The summed E-state index contributed by atoms with van der Waals surface area (Å²) in [5, 5.41) is 25.4. The molecule has 9 nitrogen and oxygen atoms in total. The molecule has 9 heteroatoms. The van der Waals surface area contributed by atoms with Crippen LogP contribution in [0.15, 0.2) is 18.2 Å². The Morgan fingerprint density at radius 3 is 2.23 bits per heavy atom. The van der Waals surface area contributed by atoms with Gasteiger partial charge in [-0.25, -0.2) is 4.79 Å². The number of carbonyl (C=O) groups is 3. The van der Waals surface area contributed by atoms with Crippen LogP contribution in [0, 0.1) is 12.8 Å². The highest BCUT2D eigenvalue weighted by Gasteiger charge is 2.37. The average molecular weight is 494 g/mol. The van der Waals surface area contributed by atoms with Crippen molar-refractivity contribution in [3.63, 3.8) is 0 Å². The lowest BCUT2D eigenvalue weighted by molar-refractivity contribution is -0.144. The molecule has 0 spiro atoms. The van der Waals surface area contributed by atoms with E-state index in [1.165, 1.54) is 11.0 Å². The summed E-state index contributed by atoms with van der Waals surface area (Å²) in [7, 11) is 0. The maximum Gasteiger partial charge on any atom is 0.408 e. The molecule has 0 aliphatic heterocycles. The number of benzene rings is 1. The minimum Gasteiger partial charge on any atom is -0.508 e. The van der Waals surface area contributed by atoms with Gasteiger partial charge >= 0.3 is 6.09 Å². The molecule has 4 N–H and O–H groups in total. The van der Waals surface area contributed by atoms with Crippen molar-refractivity contribution in [1.29, 1.82) is 0 Å². The molecule has 0 fully saturated rings. The maximum absolute atomic E-state index is 13.8. The van der Waals surface area contributed by atoms with Gasteiger partial charge in [0.1, 0.15) is 23.4 Å². The van der Waals surface area contributed by atoms with Gasteiger partial charge in [0.2, 0.25) is 11.8 Å². The van der Waals surface area contributed by atoms with Crippen LogP contribution in [0.25, 0.3) is 0 Å². The standard InChI is InChI=1S/C26H43N3O6/c1-9-10-18(5)27-23(32)22(19-11-12-20(31)17(4)15-19)29(13-14-30)24(33)21(16(2)3)28-25(34)35-26(6,7)8/h11-12,15-16,18,21-22,30-31H,9-10,13-14H2,1-8H3,(H,27,32)(H,28,34). The molecular formula is C26H43N3O6. The Kier molecular flexibility index (Phi) is 11.5. The summed E-state index contributed by atoms with van der Waals surface area (Å²) in [5.41, 5.74) is 0.287. The molecule has 0 aliphatic rings. The zero-order chi connectivity index (χ0) is 26.9. The fourth-order valence-electron chi connectivity index (χ4n) is 3.75. The molecule has 3 amide bonds. The third kappa shape index (κ3) is 9.39. The van der Waals surface area contributed by atoms with Gasteiger partial charge in [-0.15, -0.1) is 0 Å². The van der Waals surface area contributed by atoms with E-state index in [0.717, 1.165) is 12.8 Å². The highest BCUT2D eigenvalue weighted by Crippen LogP contribution is 2.28. The molecule has 0 radical (unpaired) electrons. The molecule has 0 aromatic heterocycles. The second-order valence-corrected chi connectivity index (χ2v) is 10.3. The Morgan fingerprint density at radius 1 is 1.11 bits per heavy atom. The zero-order valence-corrected chi connectivity index (χ0v) is 22.3. The number of rotatable bonds is 11. The van der Waals surface area contributed by atoms with Crippen molar-refractivity contribution in [3.05, 3.63) is 29.3 Å². The highest BCUT2D eigenvalue weighted by molar-refractivity contribution is 5.92. The van der Waals surface area contributed by atoms with Crippen molar-refractivity contribution in [2.75, 3.05) is 13.2 Å². The maximum atomic E-state index is 13.8. The lowest BCUT2D eigenvalue weighted by Gasteiger charge is -2.35. The lowest BCUT2D eigenvalue weighted by atomic mass is 9.97. The SMILES string of the molecule is CCCC(C)NC(=O)C(c1ccc(O)c(C)c1)N(CCO)C(=O)C(NC(=O)OC(C)(C)C)C(C)C. The van der Waals surface area contributed by atoms with Crippen LogP contribution >= 0.6 is 0 Å². The van der Waals surface area contributed by atoms with E-state index in [4.69, 9.17) is 4.74 Å². The molecule has 1 rings (SSSR count). The number of aryl methyl sites for hydroxylation is 1. The van der Waals surface area contributed by atoms with E-state index < -0.39 is 35.6 Å². The number of nitrogens with zero attached hydrogens (tertiary/aromatic N) is 1. The van der Waals surface area contributed by atoms with Crippen molar-refractivity contribution >= 4 is 17.9 Å². The number of aliphatic hydroxyl groups excluding tert-OH is 1. The number of phenols is 1. The summed E-state index contributed by atoms with van der Waals surface area (Å²) in [6, 6.07) is 2.52. The fourth-order valence-corrected chi connectivity index (χ4v) is 3.75. The van der Waals surface area contributed by atoms with Crippen molar-refractivity contribution < 1.29 is 29.3 Å². The van der Waals surface area contributed by atoms with Gasteiger partial charge in [0.05, 0.1) is 6.61 Å². The summed E-state index contributed by atoms with van der Waals surface area (Å²) in [5.74, 6) is -1.18. The number of nitrogens with one attached hydrogen (secondary N) is 2. The fraction of sp³-hybridized carbons (Fsp3) is 0.654. The molecule has 35 heavy (non-hydrogen) atoms. The Balaban J connectivity index is 3.45. The summed E-state index contributed by atoms with van der Waals surface area (Å²) < 4.78 is 5.33. The minimum atomic E-state index is -1.07. The molecule has 0 heterocycles. The Morgan fingerprint density at radius 2 is 1.74 bits per heavy atom. The molecule has 0 aliphatic carbocycles. The number of alkyl carbamates (subject to hydrolysis) is 1. The van der Waals surface area contributed by atoms with Gasteiger partial charge in [0.15, 0.2) is 0 Å². The van der Waals surface area contributed by atoms with Gasteiger partial charge in [0.25, 0.3) is 0 Å². The lowest BCUT2D eigenvalue weighted by Crippen LogP contribution is -2.55. The zero-order valence-electron chi connectivity index (χ0n) is 22.3. The molecule has 0 saturated carbocycles. The van der Waals surface area contributed by atoms with E-state index in [1.807, 2.05) is 13.8 Å². The molecule has 3 unspecified atom stereocenters. The van der Waals surface area contributed by atoms with Gasteiger partial charge in [-0.3, -0.25) is 9.59 Å². The Labute approximate surface area is 209 Å². The van der Waals surface area contributed by atoms with Crippen LogP contribution in [0.3, 0.4) is 0 Å². The number of aliphatic hydroxyl groups is 1. The van der Waals surface area contributed by atoms with Gasteiger partial charge in [0, 0.05) is 12.6 Å². The third-order valence-electron chi connectivity index (χ3n) is 5.44. The number of phenolic OH excluding ortho intramolecular Hbond substituents is 1. The predicted octanol–water partition coefficient (Wildman–Crippen LogP) is 3.42. The first-order valence-corrected chi connectivity index (χ1v) is 12.2. The van der Waals surface area contributed by atoms with Crippen molar-refractivity contribution in [1.82, 2.24) is 15.5 Å². The normalized spacial score (nSPS) is 14.1. The first-order chi connectivity index (χ1) is 16.2. The van der Waals surface area contributed by atoms with Crippen molar-refractivity contribution in [3.8, 4) is 5.75 Å². The van der Waals surface area contributed by atoms with Gasteiger partial charge in [-0.1, -0.05) is 33.3 Å². The first kappa shape index (κ1) is 30.2. The summed E-state index contributed by atoms with van der Waals surface area (Å²) >= 11 is 0. The van der Waals surface area contributed by atoms with Gasteiger partial charge < -0.3 is 30.5 Å². The van der Waals surface area contributed by atoms with Crippen LogP contribution in [0.4, 0.5) is 4.79 Å². The largest absolute Gasteiger partial charge is 0.508 e. The third-order valence-corrected chi connectivity index (χ3v) is 5.44. The van der Waals surface area contributed by atoms with Crippen LogP contribution in [-0.2, 0) is 14.3 Å². The quantitative estimate of drug-likeness (QED) is 0.374. The van der Waals surface area contributed by atoms with E-state index in [9.17, 15) is 24.6 Å². The monoisotopic (exact) mass is 493 g/mol. The summed E-state index contributed by atoms with van der Waals surface area (Å²) in [4.78, 5) is 41.0. The highest BCUT2D eigenvalue weighted by atomic mass is 16.6. The Bertz CT molecular complexity index is 865. The summed E-state index contributed by atoms with van der Waals surface area (Å²) in [6.45, 7) is 13.8. The van der Waals surface area contributed by atoms with E-state index in [0.29, 0.717) is 11.1 Å². The van der Waals surface area contributed by atoms with Crippen molar-refractivity contribution in [2.24, 2.45) is 5.92 Å². The molecule has 0 saturated heterocycles. The van der Waals surface area contributed by atoms with Crippen LogP contribution in [0.5, 0.6) is 5.75 Å². The average Bonchev–Trinajstić information content (AvgIpc) is 2.72. The molecule has 198 valence electrons. The number of amides is 3. The molecule has 1 aromatic rings. The number of hydrogen-bond donors (Lipinski definition) is 4. The van der Waals surface area contributed by atoms with Crippen LogP contribution in [0.2, 0.25) is 0 Å². The van der Waals surface area contributed by atoms with Crippen LogP contribution in [-0.4, -0.2) is 63.9 Å². The van der Waals surface area contributed by atoms with Gasteiger partial charge in [-0.2, -0.15) is 0 Å². The van der Waals surface area contributed by atoms with Crippen LogP contribution in [0.1, 0.15) is 78.5 Å². The van der Waals surface area contributed by atoms with E-state index in [-0.39, 0.29) is 30.9 Å². The van der Waals surface area contributed by atoms with E-state index in [1.54, 1.807) is 53.7 Å². The smallest absolute Gasteiger partial charge is 0.408 e. The molecular weight excluding hydrogens is 450 g/mol. The topological polar surface area (TPSA) is 128 Å². The molecule has 3 atom stereocenters. The van der Waals surface area contributed by atoms with E-state index >= 15 is 0 Å². The molecule has 0 bridgehead atoms. The van der Waals surface area contributed by atoms with Gasteiger partial charge in [-0.05, 0) is 70.2 Å². The predicted molar refractivity (Wildman–Crippen MR) is 135 cm³/mol. The number of carbonyl (C=O) groups excluding carboxylic acids is 3. The van der Waals surface area contributed by atoms with Crippen LogP contribution < -0.4 is 10.6 Å².